The van der Waals surface area contributed by atoms with Gasteiger partial charge < -0.3 is 10.2 Å². The van der Waals surface area contributed by atoms with Crippen LogP contribution >= 0.6 is 27.7 Å². The molecule has 4 rings (SSSR count). The first-order valence-electron chi connectivity index (χ1n) is 13.2. The summed E-state index contributed by atoms with van der Waals surface area (Å²) in [6.45, 7) is 0.321. The summed E-state index contributed by atoms with van der Waals surface area (Å²) in [6, 6.07) is 23.8. The molecular weight excluding hydrogens is 563 g/mol. The van der Waals surface area contributed by atoms with Gasteiger partial charge in [-0.2, -0.15) is 0 Å². The molecule has 7 heteroatoms. The van der Waals surface area contributed by atoms with E-state index in [4.69, 9.17) is 0 Å². The first-order valence-corrected chi connectivity index (χ1v) is 15.1. The molecule has 1 atom stereocenters. The molecular formula is C31H34BrFN2O2S. The van der Waals surface area contributed by atoms with Crippen molar-refractivity contribution in [3.05, 3.63) is 106 Å². The van der Waals surface area contributed by atoms with Crippen molar-refractivity contribution in [1.29, 1.82) is 0 Å². The fourth-order valence-corrected chi connectivity index (χ4v) is 5.99. The van der Waals surface area contributed by atoms with E-state index in [1.54, 1.807) is 23.1 Å². The molecule has 1 aliphatic carbocycles. The van der Waals surface area contributed by atoms with Gasteiger partial charge in [-0.1, -0.05) is 95.9 Å². The molecule has 200 valence electrons. The number of halogens is 2. The van der Waals surface area contributed by atoms with E-state index in [-0.39, 0.29) is 29.4 Å². The molecule has 1 aliphatic rings. The number of amides is 2. The lowest BCUT2D eigenvalue weighted by Gasteiger charge is -2.33. The quantitative estimate of drug-likeness (QED) is 0.261. The summed E-state index contributed by atoms with van der Waals surface area (Å²) in [5.41, 5.74) is 2.52. The number of hydrogen-bond donors (Lipinski definition) is 1. The summed E-state index contributed by atoms with van der Waals surface area (Å²) in [4.78, 5) is 29.2. The maximum atomic E-state index is 14.1. The van der Waals surface area contributed by atoms with Crippen molar-refractivity contribution < 1.29 is 14.0 Å². The molecule has 0 radical (unpaired) electrons. The number of rotatable bonds is 11. The Balaban J connectivity index is 1.56. The van der Waals surface area contributed by atoms with Gasteiger partial charge in [0.2, 0.25) is 11.8 Å². The van der Waals surface area contributed by atoms with Crippen LogP contribution in [0.15, 0.2) is 83.3 Å². The molecule has 0 aliphatic heterocycles. The Labute approximate surface area is 237 Å². The van der Waals surface area contributed by atoms with Crippen LogP contribution in [0.2, 0.25) is 0 Å². The molecule has 0 heterocycles. The molecule has 0 aromatic heterocycles. The zero-order valence-electron chi connectivity index (χ0n) is 21.5. The minimum atomic E-state index is -0.649. The second kappa shape index (κ2) is 14.5. The van der Waals surface area contributed by atoms with E-state index in [0.717, 1.165) is 41.3 Å². The molecule has 1 unspecified atom stereocenters. The smallest absolute Gasteiger partial charge is 0.243 e. The molecule has 1 N–H and O–H groups in total. The standard InChI is InChI=1S/C31H34BrFN2O2S/c32-26-17-15-24(16-18-26)20-35(30(36)22-38-21-25-11-7-8-14-28(25)33)29(19-23-9-3-1-4-10-23)31(37)34-27-12-5-2-6-13-27/h1,3-4,7-11,14-18,27,29H,2,5-6,12-13,19-22H2,(H,34,37). The minimum Gasteiger partial charge on any atom is -0.352 e. The molecule has 38 heavy (non-hydrogen) atoms. The van der Waals surface area contributed by atoms with Gasteiger partial charge in [0.25, 0.3) is 0 Å². The predicted molar refractivity (Wildman–Crippen MR) is 156 cm³/mol. The SMILES string of the molecule is O=C(NC1CCCCC1)C(Cc1ccccc1)N(Cc1ccc(Br)cc1)C(=O)CSCc1ccccc1F. The summed E-state index contributed by atoms with van der Waals surface area (Å²) in [5, 5.41) is 3.26. The highest BCUT2D eigenvalue weighted by Gasteiger charge is 2.31. The zero-order chi connectivity index (χ0) is 26.7. The third-order valence-electron chi connectivity index (χ3n) is 6.93. The van der Waals surface area contributed by atoms with Crippen molar-refractivity contribution in [2.45, 2.75) is 62.9 Å². The van der Waals surface area contributed by atoms with E-state index in [9.17, 15) is 14.0 Å². The van der Waals surface area contributed by atoms with Crippen LogP contribution in [0.3, 0.4) is 0 Å². The van der Waals surface area contributed by atoms with Gasteiger partial charge >= 0.3 is 0 Å². The zero-order valence-corrected chi connectivity index (χ0v) is 23.9. The molecule has 0 bridgehead atoms. The van der Waals surface area contributed by atoms with Crippen LogP contribution in [0, 0.1) is 5.82 Å². The fraction of sp³-hybridized carbons (Fsp3) is 0.355. The van der Waals surface area contributed by atoms with Gasteiger partial charge in [-0.25, -0.2) is 4.39 Å². The number of benzene rings is 3. The van der Waals surface area contributed by atoms with Gasteiger partial charge in [0.05, 0.1) is 5.75 Å². The normalized spacial score (nSPS) is 14.6. The van der Waals surface area contributed by atoms with Gasteiger partial charge in [0.1, 0.15) is 11.9 Å². The second-order valence-electron chi connectivity index (χ2n) is 9.78. The van der Waals surface area contributed by atoms with Crippen LogP contribution < -0.4 is 5.32 Å². The predicted octanol–water partition coefficient (Wildman–Crippen LogP) is 6.91. The lowest BCUT2D eigenvalue weighted by molar-refractivity contribution is -0.139. The number of hydrogen-bond acceptors (Lipinski definition) is 3. The van der Waals surface area contributed by atoms with Gasteiger partial charge in [0.15, 0.2) is 0 Å². The Morgan fingerprint density at radius 3 is 2.32 bits per heavy atom. The van der Waals surface area contributed by atoms with E-state index in [0.29, 0.717) is 24.3 Å². The van der Waals surface area contributed by atoms with Crippen LogP contribution in [-0.4, -0.2) is 34.6 Å². The highest BCUT2D eigenvalue weighted by Crippen LogP contribution is 2.22. The molecule has 2 amide bonds. The van der Waals surface area contributed by atoms with Crippen molar-refractivity contribution in [2.75, 3.05) is 5.75 Å². The van der Waals surface area contributed by atoms with E-state index in [1.807, 2.05) is 54.6 Å². The Hall–Kier alpha value is -2.64. The van der Waals surface area contributed by atoms with E-state index in [2.05, 4.69) is 21.2 Å². The number of carbonyl (C=O) groups is 2. The maximum absolute atomic E-state index is 14.1. The van der Waals surface area contributed by atoms with Crippen LogP contribution in [0.25, 0.3) is 0 Å². The molecule has 3 aromatic rings. The van der Waals surface area contributed by atoms with Gasteiger partial charge in [-0.05, 0) is 47.7 Å². The van der Waals surface area contributed by atoms with Crippen molar-refractivity contribution >= 4 is 39.5 Å². The largest absolute Gasteiger partial charge is 0.352 e. The molecule has 0 saturated heterocycles. The highest BCUT2D eigenvalue weighted by molar-refractivity contribution is 9.10. The lowest BCUT2D eigenvalue weighted by Crippen LogP contribution is -2.53. The van der Waals surface area contributed by atoms with E-state index < -0.39 is 6.04 Å². The number of thioether (sulfide) groups is 1. The van der Waals surface area contributed by atoms with Crippen LogP contribution in [0.5, 0.6) is 0 Å². The monoisotopic (exact) mass is 596 g/mol. The lowest BCUT2D eigenvalue weighted by atomic mass is 9.94. The average Bonchev–Trinajstić information content (AvgIpc) is 2.94. The van der Waals surface area contributed by atoms with Crippen LogP contribution in [0.4, 0.5) is 4.39 Å². The minimum absolute atomic E-state index is 0.106. The summed E-state index contributed by atoms with van der Waals surface area (Å²) in [5.74, 6) is 0.0435. The maximum Gasteiger partial charge on any atom is 0.243 e. The Bertz CT molecular complexity index is 1190. The van der Waals surface area contributed by atoms with E-state index >= 15 is 0 Å². The van der Waals surface area contributed by atoms with Gasteiger partial charge in [-0.3, -0.25) is 9.59 Å². The molecule has 1 fully saturated rings. The first-order chi connectivity index (χ1) is 18.5. The van der Waals surface area contributed by atoms with E-state index in [1.165, 1.54) is 24.2 Å². The summed E-state index contributed by atoms with van der Waals surface area (Å²) < 4.78 is 15.1. The Morgan fingerprint density at radius 1 is 0.921 bits per heavy atom. The van der Waals surface area contributed by atoms with Crippen LogP contribution in [-0.2, 0) is 28.3 Å². The number of carbonyl (C=O) groups excluding carboxylic acids is 2. The van der Waals surface area contributed by atoms with Crippen molar-refractivity contribution in [3.63, 3.8) is 0 Å². The topological polar surface area (TPSA) is 49.4 Å². The number of nitrogens with zero attached hydrogens (tertiary/aromatic N) is 1. The summed E-state index contributed by atoms with van der Waals surface area (Å²) in [6.07, 6.45) is 5.81. The third-order valence-corrected chi connectivity index (χ3v) is 8.42. The highest BCUT2D eigenvalue weighted by atomic mass is 79.9. The Morgan fingerprint density at radius 2 is 1.61 bits per heavy atom. The molecule has 1 saturated carbocycles. The van der Waals surface area contributed by atoms with Crippen molar-refractivity contribution in [3.8, 4) is 0 Å². The molecule has 3 aromatic carbocycles. The molecule has 0 spiro atoms. The number of nitrogens with one attached hydrogen (secondary N) is 1. The average molecular weight is 598 g/mol. The summed E-state index contributed by atoms with van der Waals surface area (Å²) in [7, 11) is 0. The van der Waals surface area contributed by atoms with Crippen molar-refractivity contribution in [1.82, 2.24) is 10.2 Å². The summed E-state index contributed by atoms with van der Waals surface area (Å²) >= 11 is 4.85. The molecule has 4 nitrogen and oxygen atoms in total. The van der Waals surface area contributed by atoms with Crippen molar-refractivity contribution in [2.24, 2.45) is 0 Å². The van der Waals surface area contributed by atoms with Crippen LogP contribution in [0.1, 0.15) is 48.8 Å². The second-order valence-corrected chi connectivity index (χ2v) is 11.7. The van der Waals surface area contributed by atoms with Gasteiger partial charge in [0, 0.05) is 29.2 Å². The van der Waals surface area contributed by atoms with Gasteiger partial charge in [-0.15, -0.1) is 11.8 Å². The Kier molecular flexibility index (Phi) is 10.8. The first kappa shape index (κ1) is 28.4. The fourth-order valence-electron chi connectivity index (χ4n) is 4.83. The third kappa shape index (κ3) is 8.43.